The Kier molecular flexibility index (Phi) is 2.95. The number of rotatable bonds is 3. The van der Waals surface area contributed by atoms with Crippen molar-refractivity contribution in [3.05, 3.63) is 73.1 Å². The highest BCUT2D eigenvalue weighted by Gasteiger charge is 2.28. The smallest absolute Gasteiger partial charge is 0.154 e. The molecule has 4 aliphatic heterocycles. The van der Waals surface area contributed by atoms with Gasteiger partial charge < -0.3 is 0 Å². The maximum Gasteiger partial charge on any atom is 0.225 e. The van der Waals surface area contributed by atoms with Crippen LogP contribution in [-0.4, -0.2) is 49.8 Å². The van der Waals surface area contributed by atoms with Crippen LogP contribution >= 0.6 is 0 Å². The van der Waals surface area contributed by atoms with Crippen molar-refractivity contribution in [3.63, 3.8) is 0 Å². The Morgan fingerprint density at radius 1 is 0.536 bits per heavy atom. The van der Waals surface area contributed by atoms with Crippen LogP contribution in [0.25, 0.3) is 34.4 Å². The fourth-order valence-electron chi connectivity index (χ4n) is 3.19. The molecule has 2 aromatic carbocycles. The SMILES string of the molecule is c1ccc(-n2nc3cnnc-3n2-n2c3nncc-3nn2-c2ccccc2)cc1. The summed E-state index contributed by atoms with van der Waals surface area (Å²) < 4.78 is 0. The van der Waals surface area contributed by atoms with Crippen molar-refractivity contribution in [1.82, 2.24) is 49.8 Å². The predicted octanol–water partition coefficient (Wildman–Crippen LogP) is 1.76. The van der Waals surface area contributed by atoms with Crippen molar-refractivity contribution in [1.29, 1.82) is 0 Å². The van der Waals surface area contributed by atoms with Gasteiger partial charge in [0.2, 0.25) is 11.6 Å². The number of benzene rings is 2. The Labute approximate surface area is 157 Å². The molecular formula is C18H12N10. The van der Waals surface area contributed by atoms with E-state index in [4.69, 9.17) is 0 Å². The van der Waals surface area contributed by atoms with E-state index in [1.165, 1.54) is 0 Å². The third-order valence-electron chi connectivity index (χ3n) is 4.42. The lowest BCUT2D eigenvalue weighted by Crippen LogP contribution is -2.27. The van der Waals surface area contributed by atoms with Crippen molar-refractivity contribution in [3.8, 4) is 34.4 Å². The average Bonchev–Trinajstić information content (AvgIpc) is 3.50. The van der Waals surface area contributed by atoms with Crippen LogP contribution < -0.4 is 0 Å². The van der Waals surface area contributed by atoms with Gasteiger partial charge >= 0.3 is 0 Å². The summed E-state index contributed by atoms with van der Waals surface area (Å²) in [6.45, 7) is 0. The summed E-state index contributed by atoms with van der Waals surface area (Å²) in [5.74, 6) is 1.16. The molecule has 0 saturated heterocycles. The van der Waals surface area contributed by atoms with Crippen LogP contribution in [0, 0.1) is 0 Å². The van der Waals surface area contributed by atoms with Crippen LogP contribution in [-0.2, 0) is 0 Å². The molecule has 4 aliphatic rings. The van der Waals surface area contributed by atoms with E-state index in [0.717, 1.165) is 11.4 Å². The van der Waals surface area contributed by atoms with Crippen molar-refractivity contribution in [2.24, 2.45) is 0 Å². The zero-order chi connectivity index (χ0) is 18.5. The summed E-state index contributed by atoms with van der Waals surface area (Å²) in [6, 6.07) is 19.6. The van der Waals surface area contributed by atoms with E-state index in [1.807, 2.05) is 60.7 Å². The number of fused-ring (bicyclic) bond motifs is 2. The fraction of sp³-hybridized carbons (Fsp3) is 0. The predicted molar refractivity (Wildman–Crippen MR) is 98.3 cm³/mol. The lowest BCUT2D eigenvalue weighted by atomic mass is 10.3. The van der Waals surface area contributed by atoms with E-state index < -0.39 is 0 Å². The standard InChI is InChI=1S/C18H12N10/c1-3-7-13(8-4-1)25-23-15-11-19-21-17(15)27(25)28-18-16(12-20-22-18)24-26(28)14-9-5-2-6-10-14/h1-12H. The van der Waals surface area contributed by atoms with Gasteiger partial charge in [-0.1, -0.05) is 36.4 Å². The topological polar surface area (TPSA) is 97.1 Å². The molecular weight excluding hydrogens is 356 g/mol. The normalized spacial score (nSPS) is 11.6. The minimum Gasteiger partial charge on any atom is -0.154 e. The molecule has 0 unspecified atom stereocenters. The number of para-hydroxylation sites is 2. The highest BCUT2D eigenvalue weighted by atomic mass is 15.9. The van der Waals surface area contributed by atoms with Gasteiger partial charge in [0.25, 0.3) is 0 Å². The lowest BCUT2D eigenvalue weighted by molar-refractivity contribution is 0.387. The summed E-state index contributed by atoms with van der Waals surface area (Å²) >= 11 is 0. The van der Waals surface area contributed by atoms with Crippen molar-refractivity contribution < 1.29 is 0 Å². The maximum atomic E-state index is 4.67. The second-order valence-electron chi connectivity index (χ2n) is 6.14. The molecule has 0 spiro atoms. The molecule has 2 aromatic rings. The van der Waals surface area contributed by atoms with Gasteiger partial charge in [0.05, 0.1) is 23.8 Å². The molecule has 10 nitrogen and oxygen atoms in total. The summed E-state index contributed by atoms with van der Waals surface area (Å²) in [5, 5.41) is 25.9. The van der Waals surface area contributed by atoms with Gasteiger partial charge in [-0.25, -0.2) is 0 Å². The molecule has 0 aliphatic carbocycles. The van der Waals surface area contributed by atoms with Crippen LogP contribution in [0.4, 0.5) is 0 Å². The molecule has 0 fully saturated rings. The second kappa shape index (κ2) is 5.58. The molecule has 0 radical (unpaired) electrons. The highest BCUT2D eigenvalue weighted by Crippen LogP contribution is 2.25. The summed E-state index contributed by atoms with van der Waals surface area (Å²) in [6.07, 6.45) is 3.26. The van der Waals surface area contributed by atoms with E-state index in [-0.39, 0.29) is 0 Å². The zero-order valence-electron chi connectivity index (χ0n) is 14.4. The van der Waals surface area contributed by atoms with Gasteiger partial charge in [0.15, 0.2) is 11.4 Å². The van der Waals surface area contributed by atoms with E-state index in [1.54, 1.807) is 31.6 Å². The van der Waals surface area contributed by atoms with Gasteiger partial charge in [-0.05, 0) is 24.3 Å². The Bertz CT molecular complexity index is 1200. The third-order valence-corrected chi connectivity index (χ3v) is 4.42. The Hall–Kier alpha value is -4.34. The van der Waals surface area contributed by atoms with Gasteiger partial charge in [0, 0.05) is 0 Å². The summed E-state index contributed by atoms with van der Waals surface area (Å²) in [4.78, 5) is 7.06. The first-order valence-corrected chi connectivity index (χ1v) is 8.60. The maximum absolute atomic E-state index is 4.67. The van der Waals surface area contributed by atoms with Crippen LogP contribution in [0.5, 0.6) is 0 Å². The molecule has 0 saturated carbocycles. The molecule has 0 N–H and O–H groups in total. The van der Waals surface area contributed by atoms with E-state index in [9.17, 15) is 0 Å². The first kappa shape index (κ1) is 14.8. The quantitative estimate of drug-likeness (QED) is 0.472. The van der Waals surface area contributed by atoms with Crippen molar-refractivity contribution >= 4 is 0 Å². The molecule has 134 valence electrons. The molecule has 0 amide bonds. The van der Waals surface area contributed by atoms with Crippen LogP contribution in [0.15, 0.2) is 73.1 Å². The number of hydrogen-bond acceptors (Lipinski definition) is 6. The van der Waals surface area contributed by atoms with Crippen LogP contribution in [0.2, 0.25) is 0 Å². The lowest BCUT2D eigenvalue weighted by Gasteiger charge is -2.15. The van der Waals surface area contributed by atoms with Crippen molar-refractivity contribution in [2.45, 2.75) is 0 Å². The van der Waals surface area contributed by atoms with E-state index in [0.29, 0.717) is 23.0 Å². The third kappa shape index (κ3) is 2.02. The average molecular weight is 368 g/mol. The molecule has 10 heteroatoms. The van der Waals surface area contributed by atoms with Gasteiger partial charge in [-0.2, -0.15) is 10.2 Å². The first-order valence-electron chi connectivity index (χ1n) is 8.60. The minimum atomic E-state index is 0.579. The zero-order valence-corrected chi connectivity index (χ0v) is 14.4. The van der Waals surface area contributed by atoms with Crippen LogP contribution in [0.3, 0.4) is 0 Å². The largest absolute Gasteiger partial charge is 0.225 e. The van der Waals surface area contributed by atoms with E-state index in [2.05, 4.69) is 30.6 Å². The molecule has 0 bridgehead atoms. The van der Waals surface area contributed by atoms with Gasteiger partial charge in [0.1, 0.15) is 0 Å². The number of aromatic nitrogens is 10. The molecule has 6 rings (SSSR count). The summed E-state index contributed by atoms with van der Waals surface area (Å²) in [7, 11) is 0. The Morgan fingerprint density at radius 3 is 1.39 bits per heavy atom. The Balaban J connectivity index is 1.71. The number of hydrogen-bond donors (Lipinski definition) is 0. The second-order valence-corrected chi connectivity index (χ2v) is 6.14. The van der Waals surface area contributed by atoms with Crippen LogP contribution in [0.1, 0.15) is 0 Å². The molecule has 0 atom stereocenters. The number of nitrogens with zero attached hydrogens (tertiary/aromatic N) is 10. The van der Waals surface area contributed by atoms with Gasteiger partial charge in [-0.15, -0.1) is 39.6 Å². The fourth-order valence-corrected chi connectivity index (χ4v) is 3.19. The summed E-state index contributed by atoms with van der Waals surface area (Å²) in [5.41, 5.74) is 3.04. The van der Waals surface area contributed by atoms with Gasteiger partial charge in [-0.3, -0.25) is 0 Å². The monoisotopic (exact) mass is 368 g/mol. The molecule has 4 heterocycles. The minimum absolute atomic E-state index is 0.579. The van der Waals surface area contributed by atoms with Crippen molar-refractivity contribution in [2.75, 3.05) is 0 Å². The first-order chi connectivity index (χ1) is 13.9. The Morgan fingerprint density at radius 2 is 0.964 bits per heavy atom. The molecule has 0 aromatic heterocycles. The highest BCUT2D eigenvalue weighted by molar-refractivity contribution is 5.53. The van der Waals surface area contributed by atoms with E-state index >= 15 is 0 Å². The molecule has 28 heavy (non-hydrogen) atoms.